The zero-order valence-electron chi connectivity index (χ0n) is 5.18. The average molecular weight is 199 g/mol. The molecule has 0 aromatic carbocycles. The van der Waals surface area contributed by atoms with Gasteiger partial charge in [-0.1, -0.05) is 34.8 Å². The molecule has 0 spiro atoms. The van der Waals surface area contributed by atoms with Gasteiger partial charge >= 0.3 is 0 Å². The Morgan fingerprint density at radius 2 is 2.20 bits per heavy atom. The summed E-state index contributed by atoms with van der Waals surface area (Å²) in [6, 6.07) is 0. The molecular weight excluding hydrogens is 194 g/mol. The Bertz CT molecular complexity index is 177. The monoisotopic (exact) mass is 198 g/mol. The molecule has 0 saturated heterocycles. The van der Waals surface area contributed by atoms with Crippen LogP contribution in [-0.2, 0) is 0 Å². The molecule has 1 unspecified atom stereocenters. The van der Waals surface area contributed by atoms with Gasteiger partial charge in [0.25, 0.3) is 0 Å². The molecule has 56 valence electrons. The molecule has 5 heteroatoms. The lowest BCUT2D eigenvalue weighted by atomic mass is 10.4. The Balaban J connectivity index is 2.83. The van der Waals surface area contributed by atoms with Crippen LogP contribution >= 0.6 is 34.8 Å². The summed E-state index contributed by atoms with van der Waals surface area (Å²) in [5.74, 6) is 0. The summed E-state index contributed by atoms with van der Waals surface area (Å²) in [6.45, 7) is 0. The molecule has 0 aliphatic carbocycles. The van der Waals surface area contributed by atoms with Crippen molar-refractivity contribution >= 4 is 40.0 Å². The highest BCUT2D eigenvalue weighted by Gasteiger charge is 2.15. The smallest absolute Gasteiger partial charge is 0.167 e. The van der Waals surface area contributed by atoms with E-state index in [0.717, 1.165) is 0 Å². The number of hydrogen-bond acceptors (Lipinski definition) is 2. The molecule has 0 N–H and O–H groups in total. The van der Waals surface area contributed by atoms with Gasteiger partial charge in [-0.25, -0.2) is 0 Å². The van der Waals surface area contributed by atoms with Crippen LogP contribution in [0.2, 0.25) is 0 Å². The summed E-state index contributed by atoms with van der Waals surface area (Å²) in [4.78, 5) is 0. The quantitative estimate of drug-likeness (QED) is 0.431. The lowest BCUT2D eigenvalue weighted by molar-refractivity contribution is 0.361. The second-order valence-electron chi connectivity index (χ2n) is 1.85. The van der Waals surface area contributed by atoms with Crippen LogP contribution in [0.15, 0.2) is 16.2 Å². The minimum Gasteiger partial charge on any atom is -0.277 e. The van der Waals surface area contributed by atoms with Crippen LogP contribution in [0, 0.1) is 0 Å². The lowest BCUT2D eigenvalue weighted by Gasteiger charge is -2.20. The number of halogens is 3. The number of rotatable bonds is 0. The van der Waals surface area contributed by atoms with E-state index in [1.165, 1.54) is 5.01 Å². The van der Waals surface area contributed by atoms with Crippen LogP contribution in [-0.4, -0.2) is 22.7 Å². The first-order chi connectivity index (χ1) is 4.61. The predicted octanol–water partition coefficient (Wildman–Crippen LogP) is 2.17. The van der Waals surface area contributed by atoms with Gasteiger partial charge in [-0.3, -0.25) is 5.01 Å². The van der Waals surface area contributed by atoms with E-state index in [4.69, 9.17) is 34.8 Å². The van der Waals surface area contributed by atoms with Crippen molar-refractivity contribution in [3.8, 4) is 0 Å². The third kappa shape index (κ3) is 1.57. The van der Waals surface area contributed by atoms with Crippen LogP contribution in [0.3, 0.4) is 0 Å². The average Bonchev–Trinajstić information content (AvgIpc) is 1.84. The van der Waals surface area contributed by atoms with E-state index in [0.29, 0.717) is 5.03 Å². The first-order valence-corrected chi connectivity index (χ1v) is 3.79. The molecular formula is C5H5Cl3N2. The highest BCUT2D eigenvalue weighted by atomic mass is 35.5. The van der Waals surface area contributed by atoms with Crippen molar-refractivity contribution in [2.75, 3.05) is 7.05 Å². The van der Waals surface area contributed by atoms with E-state index in [1.54, 1.807) is 13.1 Å². The first kappa shape index (κ1) is 8.18. The van der Waals surface area contributed by atoms with Crippen molar-refractivity contribution in [3.05, 3.63) is 11.1 Å². The van der Waals surface area contributed by atoms with Gasteiger partial charge in [-0.15, -0.1) is 0 Å². The second kappa shape index (κ2) is 2.99. The SMILES string of the molecule is CN1N=C(Cl)C(Cl)=CC1Cl. The Morgan fingerprint density at radius 1 is 1.60 bits per heavy atom. The van der Waals surface area contributed by atoms with Crippen molar-refractivity contribution < 1.29 is 0 Å². The second-order valence-corrected chi connectivity index (χ2v) is 3.06. The molecule has 1 aliphatic rings. The molecule has 0 radical (unpaired) electrons. The number of likely N-dealkylation sites (N-methyl/N-ethyl adjacent to an activating group) is 1. The predicted molar refractivity (Wildman–Crippen MR) is 44.6 cm³/mol. The van der Waals surface area contributed by atoms with E-state index >= 15 is 0 Å². The van der Waals surface area contributed by atoms with Gasteiger partial charge in [-0.2, -0.15) is 5.10 Å². The van der Waals surface area contributed by atoms with E-state index in [9.17, 15) is 0 Å². The van der Waals surface area contributed by atoms with Crippen LogP contribution in [0.1, 0.15) is 0 Å². The number of alkyl halides is 1. The van der Waals surface area contributed by atoms with Gasteiger partial charge in [0.2, 0.25) is 0 Å². The van der Waals surface area contributed by atoms with E-state index in [2.05, 4.69) is 5.10 Å². The Hall–Kier alpha value is 0.0800. The highest BCUT2D eigenvalue weighted by Crippen LogP contribution is 2.19. The molecule has 0 aromatic rings. The molecule has 0 fully saturated rings. The maximum Gasteiger partial charge on any atom is 0.167 e. The largest absolute Gasteiger partial charge is 0.277 e. The number of hydrazone groups is 1. The molecule has 0 amide bonds. The Labute approximate surface area is 74.0 Å². The van der Waals surface area contributed by atoms with Gasteiger partial charge in [-0.05, 0) is 6.08 Å². The van der Waals surface area contributed by atoms with Gasteiger partial charge in [0.1, 0.15) is 5.50 Å². The van der Waals surface area contributed by atoms with Crippen LogP contribution in [0.4, 0.5) is 0 Å². The number of nitrogens with zero attached hydrogens (tertiary/aromatic N) is 2. The number of hydrogen-bond donors (Lipinski definition) is 0. The number of allylic oxidation sites excluding steroid dienone is 1. The fourth-order valence-electron chi connectivity index (χ4n) is 0.539. The molecule has 1 atom stereocenters. The standard InChI is InChI=1S/C5H5Cl3N2/c1-10-4(7)2-3(6)5(8)9-10/h2,4H,1H3. The van der Waals surface area contributed by atoms with Crippen molar-refractivity contribution in [1.82, 2.24) is 5.01 Å². The topological polar surface area (TPSA) is 15.6 Å². The maximum absolute atomic E-state index is 5.73. The van der Waals surface area contributed by atoms with E-state index in [1.807, 2.05) is 0 Å². The summed E-state index contributed by atoms with van der Waals surface area (Å²) in [5.41, 5.74) is -0.296. The van der Waals surface area contributed by atoms with Gasteiger partial charge in [0.05, 0.1) is 5.03 Å². The zero-order chi connectivity index (χ0) is 7.72. The third-order valence-electron chi connectivity index (χ3n) is 1.08. The summed E-state index contributed by atoms with van der Waals surface area (Å²) in [5, 5.41) is 6.03. The molecule has 0 aromatic heterocycles. The Morgan fingerprint density at radius 3 is 2.70 bits per heavy atom. The normalized spacial score (nSPS) is 26.0. The summed E-state index contributed by atoms with van der Waals surface area (Å²) < 4.78 is 0. The molecule has 10 heavy (non-hydrogen) atoms. The summed E-state index contributed by atoms with van der Waals surface area (Å²) >= 11 is 16.9. The summed E-state index contributed by atoms with van der Waals surface area (Å²) in [6.07, 6.45) is 1.62. The molecule has 1 aliphatic heterocycles. The maximum atomic E-state index is 5.73. The fraction of sp³-hybridized carbons (Fsp3) is 0.400. The van der Waals surface area contributed by atoms with E-state index in [-0.39, 0.29) is 10.7 Å². The van der Waals surface area contributed by atoms with Crippen molar-refractivity contribution in [1.29, 1.82) is 0 Å². The van der Waals surface area contributed by atoms with Crippen LogP contribution < -0.4 is 0 Å². The minimum absolute atomic E-state index is 0.279. The molecule has 1 heterocycles. The van der Waals surface area contributed by atoms with Crippen molar-refractivity contribution in [2.45, 2.75) is 5.50 Å². The first-order valence-electron chi connectivity index (χ1n) is 2.60. The van der Waals surface area contributed by atoms with E-state index < -0.39 is 0 Å². The van der Waals surface area contributed by atoms with Crippen molar-refractivity contribution in [3.63, 3.8) is 0 Å². The third-order valence-corrected chi connectivity index (χ3v) is 2.17. The summed E-state index contributed by atoms with van der Waals surface area (Å²) in [7, 11) is 1.72. The molecule has 2 nitrogen and oxygen atoms in total. The van der Waals surface area contributed by atoms with Crippen LogP contribution in [0.5, 0.6) is 0 Å². The lowest BCUT2D eigenvalue weighted by Crippen LogP contribution is -2.24. The minimum atomic E-state index is -0.296. The molecule has 0 bridgehead atoms. The highest BCUT2D eigenvalue weighted by molar-refractivity contribution is 6.76. The van der Waals surface area contributed by atoms with Gasteiger partial charge in [0.15, 0.2) is 5.17 Å². The van der Waals surface area contributed by atoms with Crippen molar-refractivity contribution in [2.24, 2.45) is 5.10 Å². The molecule has 1 rings (SSSR count). The Kier molecular flexibility index (Phi) is 2.45. The molecule has 0 saturated carbocycles. The van der Waals surface area contributed by atoms with Gasteiger partial charge in [0, 0.05) is 7.05 Å². The fourth-order valence-corrected chi connectivity index (χ4v) is 1.11. The van der Waals surface area contributed by atoms with Gasteiger partial charge < -0.3 is 0 Å². The zero-order valence-corrected chi connectivity index (χ0v) is 7.45. The van der Waals surface area contributed by atoms with Crippen LogP contribution in [0.25, 0.3) is 0 Å².